The molecule has 6 aromatic carbocycles. The summed E-state index contributed by atoms with van der Waals surface area (Å²) in [6.07, 6.45) is 7.07. The Morgan fingerprint density at radius 1 is 0.265 bits per heavy atom. The topological polar surface area (TPSA) is 151 Å². The molecule has 0 amide bonds. The van der Waals surface area contributed by atoms with E-state index in [9.17, 15) is 0 Å². The summed E-state index contributed by atoms with van der Waals surface area (Å²) in [5.41, 5.74) is 37.1. The number of hydrogen-bond acceptors (Lipinski definition) is 6. The molecule has 10 rings (SSSR count). The van der Waals surface area contributed by atoms with Gasteiger partial charge in [-0.3, -0.25) is 19.9 Å². The Kier molecular flexibility index (Phi) is 27.2. The Morgan fingerprint density at radius 3 is 0.691 bits per heavy atom. The molecule has 2 radical (unpaired) electrons. The van der Waals surface area contributed by atoms with Crippen LogP contribution >= 0.6 is 0 Å². The number of aromatic nitrogens is 4. The van der Waals surface area contributed by atoms with Crippen LogP contribution in [0.5, 0.6) is 0 Å². The van der Waals surface area contributed by atoms with Crippen molar-refractivity contribution in [3.8, 4) is 22.8 Å². The SMILES string of the molecule is [Mn+2].[Mn+2].[NH-]c1ccccc1.[NH-]c1ccccc1.c1ccc(-c2ccccn2)nc1.c1ccc(-c2ccccn2)nc1.c1ccc([N-]Nc2ccccc2)cc1.c1ccc([N-]Nc2ccccc2)cc1. The summed E-state index contributed by atoms with van der Waals surface area (Å²) in [6.45, 7) is 0. The molecule has 0 aliphatic carbocycles. The molecule has 4 N–H and O–H groups in total. The zero-order chi connectivity index (χ0) is 46.0. The Labute approximate surface area is 421 Å². The number of pyridine rings is 4. The predicted molar refractivity (Wildman–Crippen MR) is 275 cm³/mol. The van der Waals surface area contributed by atoms with Gasteiger partial charge in [-0.25, -0.2) is 0 Å². The molecule has 0 saturated heterocycles. The van der Waals surface area contributed by atoms with E-state index in [1.54, 1.807) is 49.1 Å². The number of para-hydroxylation sites is 4. The van der Waals surface area contributed by atoms with Gasteiger partial charge in [-0.15, -0.1) is 22.7 Å². The minimum absolute atomic E-state index is 0. The first kappa shape index (κ1) is 54.1. The van der Waals surface area contributed by atoms with Crippen molar-refractivity contribution in [2.45, 2.75) is 0 Å². The van der Waals surface area contributed by atoms with Crippen molar-refractivity contribution < 1.29 is 34.1 Å². The monoisotopic (exact) mass is 972 g/mol. The summed E-state index contributed by atoms with van der Waals surface area (Å²) in [6, 6.07) is 80.8. The molecule has 0 atom stereocenters. The van der Waals surface area contributed by atoms with Crippen LogP contribution in [0.3, 0.4) is 0 Å². The standard InChI is InChI=1S/2C12H11N2.2C10H8N2.2C6H6N.2Mn/c2*1-3-7-11(8-4-1)13-14-12-9-5-2-6-10-12;2*1-3-7-11-9(5-1)10-6-2-4-8-12-10;2*7-6-4-2-1-3-5-6;;/h2*1-10,13H;2*1-8H;2*1-5,7H;;/q2*-1;;;2*-1;2*+2. The fraction of sp³-hybridized carbons (Fsp3) is 0. The molecule has 0 aliphatic heterocycles. The maximum absolute atomic E-state index is 7.00. The third-order valence-corrected chi connectivity index (χ3v) is 8.42. The van der Waals surface area contributed by atoms with E-state index in [2.05, 4.69) is 41.6 Å². The van der Waals surface area contributed by atoms with E-state index >= 15 is 0 Å². The van der Waals surface area contributed by atoms with Gasteiger partial charge in [-0.2, -0.15) is 0 Å². The van der Waals surface area contributed by atoms with Crippen molar-refractivity contribution in [1.29, 1.82) is 0 Å². The van der Waals surface area contributed by atoms with Crippen molar-refractivity contribution in [3.05, 3.63) is 302 Å². The molecular weight excluding hydrogens is 923 g/mol. The van der Waals surface area contributed by atoms with Gasteiger partial charge in [0.1, 0.15) is 0 Å². The van der Waals surface area contributed by atoms with Crippen molar-refractivity contribution in [2.75, 3.05) is 10.9 Å². The van der Waals surface area contributed by atoms with Gasteiger partial charge in [0.15, 0.2) is 0 Å². The third kappa shape index (κ3) is 23.1. The molecule has 0 saturated carbocycles. The molecular formula is C56H50Mn2N10. The summed E-state index contributed by atoms with van der Waals surface area (Å²) in [5.74, 6) is 0. The van der Waals surface area contributed by atoms with Crippen molar-refractivity contribution in [2.24, 2.45) is 0 Å². The van der Waals surface area contributed by atoms with Crippen LogP contribution in [0.4, 0.5) is 34.1 Å². The number of anilines is 2. The van der Waals surface area contributed by atoms with E-state index in [0.29, 0.717) is 11.4 Å². The van der Waals surface area contributed by atoms with Gasteiger partial charge in [0, 0.05) is 36.2 Å². The largest absolute Gasteiger partial charge is 2.00 e. The predicted octanol–water partition coefficient (Wildman–Crippen LogP) is 16.5. The minimum Gasteiger partial charge on any atom is -0.699 e. The molecule has 0 unspecified atom stereocenters. The van der Waals surface area contributed by atoms with Crippen LogP contribution in [0.2, 0.25) is 0 Å². The van der Waals surface area contributed by atoms with Gasteiger partial charge in [-0.1, -0.05) is 182 Å². The van der Waals surface area contributed by atoms with E-state index in [4.69, 9.17) is 11.5 Å². The smallest absolute Gasteiger partial charge is 0.699 e. The van der Waals surface area contributed by atoms with Gasteiger partial charge >= 0.3 is 34.1 Å². The molecule has 10 nitrogen and oxygen atoms in total. The van der Waals surface area contributed by atoms with Gasteiger partial charge in [0.2, 0.25) is 0 Å². The van der Waals surface area contributed by atoms with E-state index in [1.165, 1.54) is 0 Å². The van der Waals surface area contributed by atoms with Gasteiger partial charge in [-0.05, 0) is 72.8 Å². The Hall–Kier alpha value is -8.24. The minimum atomic E-state index is 0. The first-order chi connectivity index (χ1) is 32.6. The van der Waals surface area contributed by atoms with Crippen LogP contribution in [0.1, 0.15) is 0 Å². The first-order valence-corrected chi connectivity index (χ1v) is 20.9. The second-order valence-electron chi connectivity index (χ2n) is 13.4. The van der Waals surface area contributed by atoms with Crippen LogP contribution < -0.4 is 10.9 Å². The molecule has 338 valence electrons. The zero-order valence-corrected chi connectivity index (χ0v) is 39.4. The Bertz CT molecular complexity index is 2330. The maximum Gasteiger partial charge on any atom is 2.00 e. The zero-order valence-electron chi connectivity index (χ0n) is 37.0. The number of hydrogen-bond donors (Lipinski definition) is 2. The summed E-state index contributed by atoms with van der Waals surface area (Å²) < 4.78 is 0. The summed E-state index contributed by atoms with van der Waals surface area (Å²) in [7, 11) is 0. The molecule has 0 aliphatic rings. The summed E-state index contributed by atoms with van der Waals surface area (Å²) in [4.78, 5) is 16.7. The number of rotatable bonds is 8. The average Bonchev–Trinajstić information content (AvgIpc) is 3.41. The van der Waals surface area contributed by atoms with E-state index < -0.39 is 0 Å². The quantitative estimate of drug-likeness (QED) is 0.114. The molecule has 0 fully saturated rings. The second-order valence-corrected chi connectivity index (χ2v) is 13.4. The number of nitrogens with one attached hydrogen (secondary N) is 4. The first-order valence-electron chi connectivity index (χ1n) is 20.9. The van der Waals surface area contributed by atoms with Crippen LogP contribution in [-0.4, -0.2) is 19.9 Å². The average molecular weight is 973 g/mol. The molecule has 10 aromatic rings. The van der Waals surface area contributed by atoms with Gasteiger partial charge in [0.05, 0.1) is 22.8 Å². The number of benzene rings is 6. The molecule has 4 heterocycles. The molecule has 0 bridgehead atoms. The Balaban J connectivity index is 0.000000219. The molecule has 12 heteroatoms. The number of nitrogens with zero attached hydrogens (tertiary/aromatic N) is 6. The van der Waals surface area contributed by atoms with Crippen molar-refractivity contribution in [1.82, 2.24) is 19.9 Å². The fourth-order valence-electron chi connectivity index (χ4n) is 5.22. The van der Waals surface area contributed by atoms with Crippen LogP contribution in [-0.2, 0) is 34.1 Å². The van der Waals surface area contributed by atoms with Gasteiger partial charge < -0.3 is 33.2 Å². The van der Waals surface area contributed by atoms with E-state index in [1.807, 2.05) is 231 Å². The van der Waals surface area contributed by atoms with Crippen LogP contribution in [0, 0.1) is 0 Å². The second kappa shape index (κ2) is 34.2. The van der Waals surface area contributed by atoms with Crippen molar-refractivity contribution in [3.63, 3.8) is 0 Å². The third-order valence-electron chi connectivity index (χ3n) is 8.42. The summed E-state index contributed by atoms with van der Waals surface area (Å²) >= 11 is 0. The van der Waals surface area contributed by atoms with Gasteiger partial charge in [0.25, 0.3) is 0 Å². The van der Waals surface area contributed by atoms with Crippen molar-refractivity contribution >= 4 is 34.1 Å². The molecule has 68 heavy (non-hydrogen) atoms. The Morgan fingerprint density at radius 2 is 0.485 bits per heavy atom. The van der Waals surface area contributed by atoms with Crippen LogP contribution in [0.15, 0.2) is 280 Å². The maximum atomic E-state index is 7.00. The normalized spacial score (nSPS) is 9.06. The summed E-state index contributed by atoms with van der Waals surface area (Å²) in [5, 5.41) is 0. The van der Waals surface area contributed by atoms with E-state index in [0.717, 1.165) is 45.5 Å². The van der Waals surface area contributed by atoms with E-state index in [-0.39, 0.29) is 34.1 Å². The fourth-order valence-corrected chi connectivity index (χ4v) is 5.22. The molecule has 0 spiro atoms. The molecule has 4 aromatic heterocycles. The van der Waals surface area contributed by atoms with Crippen LogP contribution in [0.25, 0.3) is 45.1 Å².